The molecule has 0 aromatic heterocycles. The van der Waals surface area contributed by atoms with Crippen LogP contribution in [0.1, 0.15) is 6.42 Å². The number of aliphatic hydroxyl groups is 1. The van der Waals surface area contributed by atoms with E-state index in [0.29, 0.717) is 19.6 Å². The van der Waals surface area contributed by atoms with E-state index in [1.165, 1.54) is 12.1 Å². The summed E-state index contributed by atoms with van der Waals surface area (Å²) in [6.45, 7) is 0.827. The lowest BCUT2D eigenvalue weighted by atomic mass is 10.1. The van der Waals surface area contributed by atoms with E-state index < -0.39 is 18.0 Å². The van der Waals surface area contributed by atoms with Gasteiger partial charge in [0.05, 0.1) is 12.7 Å². The number of benzene rings is 1. The van der Waals surface area contributed by atoms with Gasteiger partial charge in [-0.15, -0.1) is 0 Å². The van der Waals surface area contributed by atoms with Crippen molar-refractivity contribution in [3.8, 4) is 5.75 Å². The Balaban J connectivity index is 2.04. The Morgan fingerprint density at radius 1 is 1.40 bits per heavy atom. The fourth-order valence-electron chi connectivity index (χ4n) is 1.52. The van der Waals surface area contributed by atoms with Crippen LogP contribution in [-0.2, 0) is 4.74 Å². The topological polar surface area (TPSA) is 38.7 Å². The second kappa shape index (κ2) is 4.59. The summed E-state index contributed by atoms with van der Waals surface area (Å²) in [5, 5.41) is 9.59. The van der Waals surface area contributed by atoms with Crippen molar-refractivity contribution in [2.45, 2.75) is 18.6 Å². The number of para-hydroxylation sites is 1. The number of rotatable bonds is 2. The van der Waals surface area contributed by atoms with E-state index >= 15 is 0 Å². The molecule has 2 atom stereocenters. The van der Waals surface area contributed by atoms with Gasteiger partial charge < -0.3 is 14.6 Å². The SMILES string of the molecule is OC1CCOCC1Oc1ccccc1F. The monoisotopic (exact) mass is 212 g/mol. The normalized spacial score (nSPS) is 26.3. The molecule has 0 radical (unpaired) electrons. The maximum atomic E-state index is 13.2. The molecule has 0 saturated carbocycles. The minimum absolute atomic E-state index is 0.159. The van der Waals surface area contributed by atoms with Gasteiger partial charge in [0.25, 0.3) is 0 Å². The third-order valence-corrected chi connectivity index (χ3v) is 2.38. The molecule has 0 aliphatic carbocycles. The number of aliphatic hydroxyl groups excluding tert-OH is 1. The molecule has 2 rings (SSSR count). The molecule has 1 saturated heterocycles. The van der Waals surface area contributed by atoms with E-state index in [-0.39, 0.29) is 5.75 Å². The van der Waals surface area contributed by atoms with Crippen LogP contribution in [0.25, 0.3) is 0 Å². The largest absolute Gasteiger partial charge is 0.482 e. The molecule has 1 fully saturated rings. The summed E-state index contributed by atoms with van der Waals surface area (Å²) in [6, 6.07) is 6.15. The summed E-state index contributed by atoms with van der Waals surface area (Å²) in [7, 11) is 0. The fraction of sp³-hybridized carbons (Fsp3) is 0.455. The molecule has 0 spiro atoms. The van der Waals surface area contributed by atoms with E-state index in [0.717, 1.165) is 0 Å². The fourth-order valence-corrected chi connectivity index (χ4v) is 1.52. The standard InChI is InChI=1S/C11H13FO3/c12-8-3-1-2-4-10(8)15-11-7-14-6-5-9(11)13/h1-4,9,11,13H,5-7H2. The molecule has 15 heavy (non-hydrogen) atoms. The van der Waals surface area contributed by atoms with Crippen molar-refractivity contribution in [2.75, 3.05) is 13.2 Å². The second-order valence-corrected chi connectivity index (χ2v) is 3.52. The van der Waals surface area contributed by atoms with Gasteiger partial charge >= 0.3 is 0 Å². The summed E-state index contributed by atoms with van der Waals surface area (Å²) in [6.07, 6.45) is -0.534. The second-order valence-electron chi connectivity index (χ2n) is 3.52. The van der Waals surface area contributed by atoms with Crippen LogP contribution in [-0.4, -0.2) is 30.5 Å². The summed E-state index contributed by atoms with van der Waals surface area (Å²) in [4.78, 5) is 0. The predicted molar refractivity (Wildman–Crippen MR) is 52.3 cm³/mol. The lowest BCUT2D eigenvalue weighted by Crippen LogP contribution is -2.41. The Bertz CT molecular complexity index is 329. The van der Waals surface area contributed by atoms with Gasteiger partial charge in [-0.3, -0.25) is 0 Å². The lowest BCUT2D eigenvalue weighted by Gasteiger charge is -2.28. The number of ether oxygens (including phenoxy) is 2. The Morgan fingerprint density at radius 2 is 2.20 bits per heavy atom. The first-order valence-corrected chi connectivity index (χ1v) is 4.94. The molecule has 1 aromatic rings. The first-order chi connectivity index (χ1) is 7.27. The molecule has 2 unspecified atom stereocenters. The summed E-state index contributed by atoms with van der Waals surface area (Å²) < 4.78 is 23.7. The van der Waals surface area contributed by atoms with E-state index in [9.17, 15) is 9.50 Å². The Hall–Kier alpha value is -1.13. The third kappa shape index (κ3) is 2.46. The molecule has 4 heteroatoms. The molecule has 1 aliphatic heterocycles. The molecule has 1 N–H and O–H groups in total. The minimum Gasteiger partial charge on any atom is -0.482 e. The Labute approximate surface area is 87.4 Å². The van der Waals surface area contributed by atoms with Crippen molar-refractivity contribution < 1.29 is 19.0 Å². The lowest BCUT2D eigenvalue weighted by molar-refractivity contribution is -0.0745. The van der Waals surface area contributed by atoms with Crippen LogP contribution < -0.4 is 4.74 Å². The number of hydrogen-bond donors (Lipinski definition) is 1. The average molecular weight is 212 g/mol. The summed E-state index contributed by atoms with van der Waals surface area (Å²) in [5.41, 5.74) is 0. The zero-order valence-electron chi connectivity index (χ0n) is 8.23. The molecular formula is C11H13FO3. The van der Waals surface area contributed by atoms with E-state index in [4.69, 9.17) is 9.47 Å². The quantitative estimate of drug-likeness (QED) is 0.804. The number of hydrogen-bond acceptors (Lipinski definition) is 3. The molecule has 0 amide bonds. The van der Waals surface area contributed by atoms with Crippen molar-refractivity contribution in [3.05, 3.63) is 30.1 Å². The van der Waals surface area contributed by atoms with Crippen LogP contribution in [0.4, 0.5) is 4.39 Å². The van der Waals surface area contributed by atoms with E-state index in [2.05, 4.69) is 0 Å². The van der Waals surface area contributed by atoms with Gasteiger partial charge in [-0.2, -0.15) is 0 Å². The van der Waals surface area contributed by atoms with Gasteiger partial charge in [0.1, 0.15) is 6.10 Å². The summed E-state index contributed by atoms with van der Waals surface area (Å²) >= 11 is 0. The van der Waals surface area contributed by atoms with Gasteiger partial charge in [-0.25, -0.2) is 4.39 Å². The van der Waals surface area contributed by atoms with Crippen molar-refractivity contribution in [1.82, 2.24) is 0 Å². The molecular weight excluding hydrogens is 199 g/mol. The van der Waals surface area contributed by atoms with Gasteiger partial charge in [-0.1, -0.05) is 12.1 Å². The third-order valence-electron chi connectivity index (χ3n) is 2.38. The number of halogens is 1. The van der Waals surface area contributed by atoms with Crippen LogP contribution in [0.15, 0.2) is 24.3 Å². The van der Waals surface area contributed by atoms with Gasteiger partial charge in [0.2, 0.25) is 0 Å². The zero-order chi connectivity index (χ0) is 10.7. The predicted octanol–water partition coefficient (Wildman–Crippen LogP) is 1.35. The summed E-state index contributed by atoms with van der Waals surface area (Å²) in [5.74, 6) is -0.262. The van der Waals surface area contributed by atoms with Crippen LogP contribution in [0.2, 0.25) is 0 Å². The van der Waals surface area contributed by atoms with Crippen LogP contribution >= 0.6 is 0 Å². The smallest absolute Gasteiger partial charge is 0.165 e. The van der Waals surface area contributed by atoms with Gasteiger partial charge in [0.15, 0.2) is 11.6 Å². The van der Waals surface area contributed by atoms with Crippen LogP contribution in [0.3, 0.4) is 0 Å². The molecule has 1 aromatic carbocycles. The van der Waals surface area contributed by atoms with Gasteiger partial charge in [-0.05, 0) is 12.1 Å². The highest BCUT2D eigenvalue weighted by Crippen LogP contribution is 2.20. The van der Waals surface area contributed by atoms with Crippen LogP contribution in [0.5, 0.6) is 5.75 Å². The Kier molecular flexibility index (Phi) is 3.18. The van der Waals surface area contributed by atoms with Crippen molar-refractivity contribution >= 4 is 0 Å². The van der Waals surface area contributed by atoms with E-state index in [1.807, 2.05) is 0 Å². The average Bonchev–Trinajstić information content (AvgIpc) is 2.24. The highest BCUT2D eigenvalue weighted by molar-refractivity contribution is 5.24. The molecule has 1 aliphatic rings. The van der Waals surface area contributed by atoms with Crippen LogP contribution in [0, 0.1) is 5.82 Å². The molecule has 0 bridgehead atoms. The zero-order valence-corrected chi connectivity index (χ0v) is 8.23. The van der Waals surface area contributed by atoms with Crippen molar-refractivity contribution in [3.63, 3.8) is 0 Å². The molecule has 82 valence electrons. The highest BCUT2D eigenvalue weighted by Gasteiger charge is 2.26. The Morgan fingerprint density at radius 3 is 2.93 bits per heavy atom. The highest BCUT2D eigenvalue weighted by atomic mass is 19.1. The first-order valence-electron chi connectivity index (χ1n) is 4.94. The van der Waals surface area contributed by atoms with Crippen molar-refractivity contribution in [1.29, 1.82) is 0 Å². The van der Waals surface area contributed by atoms with Gasteiger partial charge in [0, 0.05) is 13.0 Å². The molecule has 3 nitrogen and oxygen atoms in total. The molecule has 1 heterocycles. The first kappa shape index (κ1) is 10.4. The maximum Gasteiger partial charge on any atom is 0.165 e. The maximum absolute atomic E-state index is 13.2. The van der Waals surface area contributed by atoms with Crippen molar-refractivity contribution in [2.24, 2.45) is 0 Å². The van der Waals surface area contributed by atoms with E-state index in [1.54, 1.807) is 12.1 Å². The minimum atomic E-state index is -0.585.